The molecule has 5 rings (SSSR count). The lowest BCUT2D eigenvalue weighted by molar-refractivity contribution is 0.00578. The summed E-state index contributed by atoms with van der Waals surface area (Å²) in [5.41, 5.74) is 6.35. The average Bonchev–Trinajstić information content (AvgIpc) is 3.52. The van der Waals surface area contributed by atoms with Crippen LogP contribution in [0, 0.1) is 11.8 Å². The second-order valence-electron chi connectivity index (χ2n) is 16.9. The predicted molar refractivity (Wildman–Crippen MR) is 200 cm³/mol. The van der Waals surface area contributed by atoms with Crippen molar-refractivity contribution in [3.05, 3.63) is 47.5 Å². The molecule has 2 atom stereocenters. The summed E-state index contributed by atoms with van der Waals surface area (Å²) in [5.74, 6) is 1.03. The molecule has 0 bridgehead atoms. The van der Waals surface area contributed by atoms with Crippen molar-refractivity contribution in [3.63, 3.8) is 0 Å². The van der Waals surface area contributed by atoms with E-state index in [1.54, 1.807) is 0 Å². The van der Waals surface area contributed by atoms with Gasteiger partial charge in [-0.3, -0.25) is 0 Å². The number of benzene rings is 2. The van der Waals surface area contributed by atoms with Gasteiger partial charge >= 0.3 is 14.2 Å². The van der Waals surface area contributed by atoms with Gasteiger partial charge in [-0.05, 0) is 113 Å². The van der Waals surface area contributed by atoms with Crippen LogP contribution >= 0.6 is 0 Å². The first-order valence-corrected chi connectivity index (χ1v) is 19.1. The van der Waals surface area contributed by atoms with E-state index in [2.05, 4.69) is 119 Å². The minimum absolute atomic E-state index is 0.116. The number of rotatable bonds is 14. The monoisotopic (exact) mass is 642 g/mol. The molecule has 4 nitrogen and oxygen atoms in total. The first-order chi connectivity index (χ1) is 22.1. The van der Waals surface area contributed by atoms with Crippen molar-refractivity contribution in [2.75, 3.05) is 0 Å². The smallest absolute Gasteiger partial charge is 0.399 e. The Kier molecular flexibility index (Phi) is 10.6. The first kappa shape index (κ1) is 36.7. The Morgan fingerprint density at radius 2 is 0.851 bits per heavy atom. The van der Waals surface area contributed by atoms with Crippen molar-refractivity contribution in [1.29, 1.82) is 0 Å². The van der Waals surface area contributed by atoms with Gasteiger partial charge in [-0.15, -0.1) is 0 Å². The summed E-state index contributed by atoms with van der Waals surface area (Å²) >= 11 is 0. The molecule has 47 heavy (non-hydrogen) atoms. The maximum Gasteiger partial charge on any atom is 0.494 e. The molecule has 2 fully saturated rings. The molecule has 2 heterocycles. The van der Waals surface area contributed by atoms with Crippen molar-refractivity contribution in [2.45, 2.75) is 175 Å². The van der Waals surface area contributed by atoms with Gasteiger partial charge in [0.25, 0.3) is 0 Å². The lowest BCUT2D eigenvalue weighted by Crippen LogP contribution is -2.44. The minimum atomic E-state index is -0.382. The zero-order chi connectivity index (χ0) is 34.4. The van der Waals surface area contributed by atoms with Crippen LogP contribution in [0.1, 0.15) is 158 Å². The molecular weight excluding hydrogens is 578 g/mol. The van der Waals surface area contributed by atoms with E-state index in [9.17, 15) is 0 Å². The van der Waals surface area contributed by atoms with Crippen LogP contribution in [0.15, 0.2) is 36.4 Å². The maximum atomic E-state index is 6.66. The van der Waals surface area contributed by atoms with Crippen molar-refractivity contribution in [1.82, 2.24) is 0 Å². The summed E-state index contributed by atoms with van der Waals surface area (Å²) in [5, 5.41) is 0. The number of hydrogen-bond acceptors (Lipinski definition) is 4. The summed E-state index contributed by atoms with van der Waals surface area (Å²) in [7, 11) is -0.764. The molecule has 258 valence electrons. The summed E-state index contributed by atoms with van der Waals surface area (Å²) in [6.45, 7) is 26.7. The molecule has 0 radical (unpaired) electrons. The minimum Gasteiger partial charge on any atom is -0.399 e. The van der Waals surface area contributed by atoms with Crippen molar-refractivity contribution in [3.8, 4) is 11.1 Å². The van der Waals surface area contributed by atoms with Crippen LogP contribution < -0.4 is 10.9 Å². The molecule has 0 amide bonds. The topological polar surface area (TPSA) is 36.9 Å². The highest BCUT2D eigenvalue weighted by atomic mass is 16.7. The van der Waals surface area contributed by atoms with E-state index in [0.717, 1.165) is 23.8 Å². The highest BCUT2D eigenvalue weighted by Crippen LogP contribution is 2.60. The summed E-state index contributed by atoms with van der Waals surface area (Å²) in [6.07, 6.45) is 12.3. The van der Waals surface area contributed by atoms with Crippen LogP contribution in [0.3, 0.4) is 0 Å². The SMILES string of the molecule is CCCCCC(CC)C1(C(CC)CCCCC)c2cc(B3OC(C)(C)C(C)(C)O3)ccc2-c2ccc(B3OC(C)(C)C(C)(C)O3)cc21. The van der Waals surface area contributed by atoms with Gasteiger partial charge in [-0.25, -0.2) is 0 Å². The molecule has 2 aromatic rings. The van der Waals surface area contributed by atoms with E-state index in [1.807, 2.05) is 0 Å². The van der Waals surface area contributed by atoms with Gasteiger partial charge < -0.3 is 18.6 Å². The van der Waals surface area contributed by atoms with E-state index in [0.29, 0.717) is 11.8 Å². The van der Waals surface area contributed by atoms with E-state index in [4.69, 9.17) is 18.6 Å². The lowest BCUT2D eigenvalue weighted by Gasteiger charge is -2.46. The quantitative estimate of drug-likeness (QED) is 0.152. The fourth-order valence-corrected chi connectivity index (χ4v) is 8.68. The van der Waals surface area contributed by atoms with Gasteiger partial charge in [-0.2, -0.15) is 0 Å². The fraction of sp³-hybridized carbons (Fsp3) is 0.707. The highest BCUT2D eigenvalue weighted by molar-refractivity contribution is 6.62. The third kappa shape index (κ3) is 6.32. The third-order valence-electron chi connectivity index (χ3n) is 12.9. The van der Waals surface area contributed by atoms with Crippen molar-refractivity contribution < 1.29 is 18.6 Å². The van der Waals surface area contributed by atoms with Gasteiger partial charge in [0.05, 0.1) is 22.4 Å². The Balaban J connectivity index is 1.73. The molecule has 0 aromatic heterocycles. The molecule has 3 aliphatic rings. The number of fused-ring (bicyclic) bond motifs is 3. The molecular formula is C41H64B2O4. The number of hydrogen-bond donors (Lipinski definition) is 0. The Morgan fingerprint density at radius 3 is 1.15 bits per heavy atom. The molecule has 0 N–H and O–H groups in total. The molecule has 2 saturated heterocycles. The zero-order valence-electron chi connectivity index (χ0n) is 32.0. The predicted octanol–water partition coefficient (Wildman–Crippen LogP) is 9.76. The largest absolute Gasteiger partial charge is 0.494 e. The first-order valence-electron chi connectivity index (χ1n) is 19.1. The molecule has 2 aromatic carbocycles. The summed E-state index contributed by atoms with van der Waals surface area (Å²) in [4.78, 5) is 0. The van der Waals surface area contributed by atoms with Gasteiger partial charge in [0, 0.05) is 5.41 Å². The Morgan fingerprint density at radius 1 is 0.511 bits per heavy atom. The van der Waals surface area contributed by atoms with Crippen LogP contribution in [-0.2, 0) is 24.0 Å². The van der Waals surface area contributed by atoms with Gasteiger partial charge in [0.2, 0.25) is 0 Å². The van der Waals surface area contributed by atoms with Crippen LogP contribution in [-0.4, -0.2) is 36.6 Å². The van der Waals surface area contributed by atoms with Crippen LogP contribution in [0.2, 0.25) is 0 Å². The summed E-state index contributed by atoms with van der Waals surface area (Å²) < 4.78 is 26.6. The second kappa shape index (κ2) is 13.6. The van der Waals surface area contributed by atoms with E-state index in [-0.39, 0.29) is 42.1 Å². The van der Waals surface area contributed by atoms with E-state index >= 15 is 0 Å². The van der Waals surface area contributed by atoms with Gasteiger partial charge in [0.1, 0.15) is 0 Å². The Hall–Kier alpha value is -1.59. The molecule has 0 spiro atoms. The Labute approximate surface area is 288 Å². The van der Waals surface area contributed by atoms with Crippen LogP contribution in [0.5, 0.6) is 0 Å². The molecule has 0 saturated carbocycles. The summed E-state index contributed by atoms with van der Waals surface area (Å²) in [6, 6.07) is 14.3. The van der Waals surface area contributed by atoms with Crippen molar-refractivity contribution in [2.24, 2.45) is 11.8 Å². The average molecular weight is 643 g/mol. The molecule has 2 aliphatic heterocycles. The maximum absolute atomic E-state index is 6.66. The van der Waals surface area contributed by atoms with Crippen LogP contribution in [0.4, 0.5) is 0 Å². The van der Waals surface area contributed by atoms with Crippen LogP contribution in [0.25, 0.3) is 11.1 Å². The second-order valence-corrected chi connectivity index (χ2v) is 16.9. The zero-order valence-corrected chi connectivity index (χ0v) is 32.0. The van der Waals surface area contributed by atoms with E-state index < -0.39 is 0 Å². The molecule has 1 aliphatic carbocycles. The highest BCUT2D eigenvalue weighted by Gasteiger charge is 2.56. The normalized spacial score (nSPS) is 22.7. The van der Waals surface area contributed by atoms with Gasteiger partial charge in [0.15, 0.2) is 0 Å². The van der Waals surface area contributed by atoms with Crippen molar-refractivity contribution >= 4 is 25.2 Å². The number of unbranched alkanes of at least 4 members (excludes halogenated alkanes) is 4. The standard InChI is InChI=1S/C41H64B2O4/c1-13-17-19-21-29(15-3)41(30(16-4)22-20-18-14-2)35-27-31(42-44-37(5,6)38(7,8)45-42)23-25-33(35)34-26-24-32(28-36(34)41)43-46-39(9,10)40(11,12)47-43/h23-30H,13-22H2,1-12H3. The molecule has 2 unspecified atom stereocenters. The van der Waals surface area contributed by atoms with E-state index in [1.165, 1.54) is 73.6 Å². The molecule has 6 heteroatoms. The lowest BCUT2D eigenvalue weighted by atomic mass is 9.56. The fourth-order valence-electron chi connectivity index (χ4n) is 8.68. The Bertz CT molecular complexity index is 1260. The third-order valence-corrected chi connectivity index (χ3v) is 12.9. The van der Waals surface area contributed by atoms with Gasteiger partial charge in [-0.1, -0.05) is 115 Å².